The molecule has 0 spiro atoms. The fraction of sp³-hybridized carbons (Fsp3) is 0.525. The molecular weight excluding hydrogens is 728 g/mol. The minimum Gasteiger partial charge on any atom is -0.405 e. The van der Waals surface area contributed by atoms with Gasteiger partial charge in [0.2, 0.25) is 11.8 Å². The average molecular weight is 776 g/mol. The molecule has 0 saturated carbocycles. The Morgan fingerprint density at radius 3 is 2.11 bits per heavy atom. The van der Waals surface area contributed by atoms with Gasteiger partial charge in [0.25, 0.3) is 5.56 Å². The van der Waals surface area contributed by atoms with Gasteiger partial charge in [0.05, 0.1) is 5.56 Å². The number of nitrogens with zero attached hydrogens (tertiary/aromatic N) is 3. The van der Waals surface area contributed by atoms with Crippen LogP contribution in [0.4, 0.5) is 37.7 Å². The summed E-state index contributed by atoms with van der Waals surface area (Å²) in [5.74, 6) is -0.367. The lowest BCUT2D eigenvalue weighted by Crippen LogP contribution is -2.47. The SMILES string of the molecule is Cc1c(-c2ccc(CN3CCC(CCC4CCN(c5ccc(NC6CCC(=O)NC6=O)cc5C(F)(F)F)CC4)CC3)c(OC(F)(F)F)c2)cn(C)c(=O)c1C. The maximum absolute atomic E-state index is 14.2. The van der Waals surface area contributed by atoms with Gasteiger partial charge in [0, 0.05) is 67.4 Å². The Morgan fingerprint density at radius 2 is 1.49 bits per heavy atom. The van der Waals surface area contributed by atoms with Gasteiger partial charge >= 0.3 is 12.5 Å². The number of halogens is 6. The van der Waals surface area contributed by atoms with Crippen LogP contribution in [-0.2, 0) is 29.4 Å². The normalized spacial score (nSPS) is 19.4. The number of amides is 2. The van der Waals surface area contributed by atoms with Crippen LogP contribution in [0.1, 0.15) is 73.6 Å². The first-order valence-corrected chi connectivity index (χ1v) is 18.8. The maximum atomic E-state index is 14.2. The van der Waals surface area contributed by atoms with E-state index in [-0.39, 0.29) is 35.5 Å². The van der Waals surface area contributed by atoms with Gasteiger partial charge in [-0.25, -0.2) is 0 Å². The van der Waals surface area contributed by atoms with Crippen molar-refractivity contribution >= 4 is 23.2 Å². The molecule has 0 aliphatic carbocycles. The van der Waals surface area contributed by atoms with Gasteiger partial charge in [-0.2, -0.15) is 13.2 Å². The van der Waals surface area contributed by atoms with Crippen molar-refractivity contribution in [2.75, 3.05) is 36.4 Å². The molecule has 3 aromatic rings. The predicted octanol–water partition coefficient (Wildman–Crippen LogP) is 7.71. The zero-order valence-electron chi connectivity index (χ0n) is 31.2. The molecule has 15 heteroatoms. The van der Waals surface area contributed by atoms with E-state index in [1.54, 1.807) is 50.2 Å². The molecule has 0 bridgehead atoms. The highest BCUT2D eigenvalue weighted by molar-refractivity contribution is 6.01. The minimum atomic E-state index is -4.87. The summed E-state index contributed by atoms with van der Waals surface area (Å²) in [6.07, 6.45) is -2.23. The first-order chi connectivity index (χ1) is 25.9. The van der Waals surface area contributed by atoms with E-state index in [4.69, 9.17) is 0 Å². The highest BCUT2D eigenvalue weighted by atomic mass is 19.4. The van der Waals surface area contributed by atoms with E-state index in [9.17, 15) is 40.7 Å². The summed E-state index contributed by atoms with van der Waals surface area (Å²) in [6.45, 7) is 6.21. The first-order valence-electron chi connectivity index (χ1n) is 18.8. The van der Waals surface area contributed by atoms with Gasteiger partial charge in [0.15, 0.2) is 0 Å². The number of anilines is 2. The van der Waals surface area contributed by atoms with Crippen molar-refractivity contribution < 1.29 is 40.7 Å². The van der Waals surface area contributed by atoms with Gasteiger partial charge in [0.1, 0.15) is 11.8 Å². The Balaban J connectivity index is 1.00. The molecule has 2 aromatic carbocycles. The second-order valence-corrected chi connectivity index (χ2v) is 15.2. The monoisotopic (exact) mass is 775 g/mol. The largest absolute Gasteiger partial charge is 0.573 e. The number of ether oxygens (including phenoxy) is 1. The van der Waals surface area contributed by atoms with Gasteiger partial charge in [-0.05, 0) is 106 Å². The molecule has 4 heterocycles. The number of aromatic nitrogens is 1. The maximum Gasteiger partial charge on any atom is 0.573 e. The molecule has 0 radical (unpaired) electrons. The summed E-state index contributed by atoms with van der Waals surface area (Å²) < 4.78 is 89.1. The summed E-state index contributed by atoms with van der Waals surface area (Å²) in [7, 11) is 1.61. The van der Waals surface area contributed by atoms with E-state index in [1.165, 1.54) is 16.7 Å². The van der Waals surface area contributed by atoms with Crippen LogP contribution < -0.4 is 25.8 Å². The molecule has 1 atom stereocenters. The van der Waals surface area contributed by atoms with Crippen molar-refractivity contribution in [3.63, 3.8) is 0 Å². The molecule has 1 aromatic heterocycles. The van der Waals surface area contributed by atoms with Crippen LogP contribution in [0.2, 0.25) is 0 Å². The van der Waals surface area contributed by atoms with Gasteiger partial charge < -0.3 is 19.5 Å². The number of pyridine rings is 1. The van der Waals surface area contributed by atoms with E-state index in [1.807, 2.05) is 0 Å². The molecule has 2 N–H and O–H groups in total. The van der Waals surface area contributed by atoms with Crippen molar-refractivity contribution in [3.8, 4) is 16.9 Å². The Labute approximate surface area is 316 Å². The van der Waals surface area contributed by atoms with Crippen LogP contribution in [0.25, 0.3) is 11.1 Å². The summed E-state index contributed by atoms with van der Waals surface area (Å²) in [4.78, 5) is 39.8. The molecule has 3 aliphatic heterocycles. The molecule has 6 rings (SSSR count). The van der Waals surface area contributed by atoms with Gasteiger partial charge in [-0.3, -0.25) is 24.6 Å². The van der Waals surface area contributed by atoms with E-state index in [2.05, 4.69) is 20.3 Å². The molecule has 298 valence electrons. The third-order valence-electron chi connectivity index (χ3n) is 11.5. The molecule has 3 saturated heterocycles. The van der Waals surface area contributed by atoms with Crippen LogP contribution in [0.5, 0.6) is 5.75 Å². The molecule has 55 heavy (non-hydrogen) atoms. The topological polar surface area (TPSA) is 95.9 Å². The highest BCUT2D eigenvalue weighted by Crippen LogP contribution is 2.41. The van der Waals surface area contributed by atoms with Gasteiger partial charge in [-0.1, -0.05) is 25.0 Å². The number of alkyl halides is 6. The zero-order chi connectivity index (χ0) is 39.7. The summed E-state index contributed by atoms with van der Waals surface area (Å²) in [6, 6.07) is 8.07. The number of carbonyl (C=O) groups excluding carboxylic acids is 2. The number of imide groups is 1. The second-order valence-electron chi connectivity index (χ2n) is 15.2. The fourth-order valence-electron chi connectivity index (χ4n) is 8.11. The molecule has 2 amide bonds. The lowest BCUT2D eigenvalue weighted by atomic mass is 9.85. The summed E-state index contributed by atoms with van der Waals surface area (Å²) >= 11 is 0. The lowest BCUT2D eigenvalue weighted by Gasteiger charge is -2.36. The van der Waals surface area contributed by atoms with Crippen molar-refractivity contribution in [1.82, 2.24) is 14.8 Å². The standard InChI is InChI=1S/C40H47F6N5O4/c1-24-25(2)38(54)49(3)23-31(24)28-6-7-29(35(20-28)55-40(44,45)46)22-50-16-12-26(13-17-50)4-5-27-14-18-51(19-15-27)34-10-8-30(21-32(34)39(41,42)43)47-33-9-11-36(52)48-37(33)53/h6-8,10,20-21,23,26-27,33,47H,4-5,9,11-19,22H2,1-3H3,(H,48,52,53). The van der Waals surface area contributed by atoms with E-state index >= 15 is 0 Å². The molecule has 9 nitrogen and oxygen atoms in total. The van der Waals surface area contributed by atoms with Crippen LogP contribution in [0.3, 0.4) is 0 Å². The second kappa shape index (κ2) is 16.3. The Morgan fingerprint density at radius 1 is 0.836 bits per heavy atom. The Kier molecular flexibility index (Phi) is 11.9. The zero-order valence-corrected chi connectivity index (χ0v) is 31.2. The summed E-state index contributed by atoms with van der Waals surface area (Å²) in [5, 5.41) is 5.05. The Bertz CT molecular complexity index is 1950. The smallest absolute Gasteiger partial charge is 0.405 e. The molecule has 1 unspecified atom stereocenters. The number of piperidine rings is 3. The van der Waals surface area contributed by atoms with Crippen LogP contribution in [0, 0.1) is 25.7 Å². The number of hydrogen-bond donors (Lipinski definition) is 2. The molecule has 3 aliphatic rings. The fourth-order valence-corrected chi connectivity index (χ4v) is 8.11. The van der Waals surface area contributed by atoms with E-state index < -0.39 is 36.0 Å². The molecular formula is C40H47F6N5O4. The minimum absolute atomic E-state index is 0.114. The van der Waals surface area contributed by atoms with Crippen LogP contribution in [-0.4, -0.2) is 59.9 Å². The number of likely N-dealkylation sites (tertiary alicyclic amines) is 1. The van der Waals surface area contributed by atoms with Crippen molar-refractivity contribution in [2.45, 2.75) is 90.3 Å². The molecule has 3 fully saturated rings. The van der Waals surface area contributed by atoms with Gasteiger partial charge in [-0.15, -0.1) is 13.2 Å². The quantitative estimate of drug-likeness (QED) is 0.161. The van der Waals surface area contributed by atoms with Crippen molar-refractivity contribution in [1.29, 1.82) is 0 Å². The number of hydrogen-bond acceptors (Lipinski definition) is 7. The van der Waals surface area contributed by atoms with Crippen molar-refractivity contribution in [3.05, 3.63) is 75.2 Å². The third-order valence-corrected chi connectivity index (χ3v) is 11.5. The van der Waals surface area contributed by atoms with E-state index in [0.717, 1.165) is 57.7 Å². The lowest BCUT2D eigenvalue weighted by molar-refractivity contribution is -0.275. The number of nitrogens with one attached hydrogen (secondary N) is 2. The van der Waals surface area contributed by atoms with E-state index in [0.29, 0.717) is 59.3 Å². The first kappa shape index (κ1) is 40.1. The van der Waals surface area contributed by atoms with Crippen molar-refractivity contribution in [2.24, 2.45) is 18.9 Å². The van der Waals surface area contributed by atoms with Crippen LogP contribution >= 0.6 is 0 Å². The third kappa shape index (κ3) is 9.83. The summed E-state index contributed by atoms with van der Waals surface area (Å²) in [5.41, 5.74) is 2.20. The average Bonchev–Trinajstić information content (AvgIpc) is 3.13. The Hall–Kier alpha value is -4.53. The van der Waals surface area contributed by atoms with Crippen LogP contribution in [0.15, 0.2) is 47.4 Å². The number of aryl methyl sites for hydroxylation is 1. The number of rotatable bonds is 10. The predicted molar refractivity (Wildman–Crippen MR) is 197 cm³/mol. The highest BCUT2D eigenvalue weighted by Gasteiger charge is 2.37. The number of benzene rings is 2. The number of carbonyl (C=O) groups is 2.